The minimum absolute atomic E-state index is 0.184. The van der Waals surface area contributed by atoms with Gasteiger partial charge in [-0.2, -0.15) is 12.6 Å². The van der Waals surface area contributed by atoms with Crippen LogP contribution in [0.5, 0.6) is 0 Å². The van der Waals surface area contributed by atoms with Crippen molar-refractivity contribution in [2.45, 2.75) is 0 Å². The molecule has 0 heterocycles. The Labute approximate surface area is 48.2 Å². The lowest BCUT2D eigenvalue weighted by Gasteiger charge is -1.69. The Morgan fingerprint density at radius 1 is 1.33 bits per heavy atom. The van der Waals surface area contributed by atoms with Gasteiger partial charge in [0.1, 0.15) is 0 Å². The minimum Gasteiger partial charge on any atom is -0.396 e. The van der Waals surface area contributed by atoms with Gasteiger partial charge in [0.05, 0.1) is 6.61 Å². The zero-order chi connectivity index (χ0) is 5.41. The molecule has 2 nitrogen and oxygen atoms in total. The van der Waals surface area contributed by atoms with Crippen molar-refractivity contribution < 1.29 is 9.66 Å². The van der Waals surface area contributed by atoms with Crippen LogP contribution in [0.2, 0.25) is 0 Å². The van der Waals surface area contributed by atoms with Crippen molar-refractivity contribution in [1.82, 2.24) is 0 Å². The van der Waals surface area contributed by atoms with Gasteiger partial charge in [-0.15, -0.1) is 0 Å². The largest absolute Gasteiger partial charge is 0.396 e. The number of hydrogen-bond donors (Lipinski definition) is 4. The predicted octanol–water partition coefficient (Wildman–Crippen LogP) is 0.298. The van der Waals surface area contributed by atoms with E-state index >= 15 is 0 Å². The fraction of sp³-hybridized carbons (Fsp3) is 1.00. The summed E-state index contributed by atoms with van der Waals surface area (Å²) in [4.78, 5) is 0. The zero-order valence-corrected chi connectivity index (χ0v) is 4.99. The van der Waals surface area contributed by atoms with Crippen molar-refractivity contribution in [2.24, 2.45) is 0 Å². The maximum absolute atomic E-state index is 7.80. The van der Waals surface area contributed by atoms with Crippen LogP contribution in [-0.2, 0) is 0 Å². The third kappa shape index (κ3) is 23.1. The Bertz CT molecular complexity index is 11.5. The van der Waals surface area contributed by atoms with Crippen LogP contribution in [0.3, 0.4) is 0 Å². The average Bonchev–Trinajstić information content (AvgIpc) is 1.72. The lowest BCUT2D eigenvalue weighted by atomic mass is 10.9. The minimum atomic E-state index is 0.184. The van der Waals surface area contributed by atoms with Crippen molar-refractivity contribution in [3.8, 4) is 0 Å². The molecule has 0 unspecified atom stereocenters. The molecule has 40 valence electrons. The number of thiol groups is 2. The van der Waals surface area contributed by atoms with Crippen molar-refractivity contribution in [3.63, 3.8) is 0 Å². The van der Waals surface area contributed by atoms with Gasteiger partial charge in [-0.3, -0.25) is 0 Å². The van der Waals surface area contributed by atoms with E-state index in [4.69, 9.17) is 9.66 Å². The van der Waals surface area contributed by atoms with Crippen LogP contribution in [0, 0.1) is 0 Å². The molecular weight excluding hydrogens is 120 g/mol. The van der Waals surface area contributed by atoms with Crippen molar-refractivity contribution in [1.29, 1.82) is 0 Å². The molecule has 0 amide bonds. The Hall–Kier alpha value is 0.620. The van der Waals surface area contributed by atoms with Gasteiger partial charge in [-0.05, 0) is 12.9 Å². The summed E-state index contributed by atoms with van der Waals surface area (Å²) in [5.41, 5.74) is 0. The van der Waals surface area contributed by atoms with E-state index in [0.29, 0.717) is 5.75 Å². The van der Waals surface area contributed by atoms with Gasteiger partial charge >= 0.3 is 0 Å². The fourth-order valence-corrected chi connectivity index (χ4v) is 0. The molecule has 0 atom stereocenters. The summed E-state index contributed by atoms with van der Waals surface area (Å²) < 4.78 is 6.69. The summed E-state index contributed by atoms with van der Waals surface area (Å²) in [5.74, 6) is 0.569. The molecule has 0 bridgehead atoms. The van der Waals surface area contributed by atoms with E-state index in [2.05, 4.69) is 25.5 Å². The second-order valence-electron chi connectivity index (χ2n) is 0.447. The van der Waals surface area contributed by atoms with Crippen LogP contribution >= 0.6 is 25.5 Å². The number of rotatable bonds is 1. The monoisotopic (exact) mass is 128 g/mol. The predicted molar refractivity (Wildman–Crippen MR) is 32.6 cm³/mol. The smallest absolute Gasteiger partial charge is 0.0519 e. The highest BCUT2D eigenvalue weighted by Crippen LogP contribution is 1.61. The summed E-state index contributed by atoms with van der Waals surface area (Å²) in [6.45, 7) is 0.184. The van der Waals surface area contributed by atoms with Gasteiger partial charge in [-0.25, -0.2) is 0 Å². The third-order valence-corrected chi connectivity index (χ3v) is 0.300. The van der Waals surface area contributed by atoms with Crippen molar-refractivity contribution >= 4 is 25.5 Å². The van der Waals surface area contributed by atoms with Crippen LogP contribution in [0.15, 0.2) is 0 Å². The molecular formula is C2H8O2S2. The molecule has 0 aliphatic rings. The van der Waals surface area contributed by atoms with E-state index in [-0.39, 0.29) is 6.61 Å². The topological polar surface area (TPSA) is 40.5 Å². The molecule has 2 N–H and O–H groups in total. The Morgan fingerprint density at radius 2 is 1.50 bits per heavy atom. The van der Waals surface area contributed by atoms with Crippen LogP contribution in [0.4, 0.5) is 0 Å². The standard InChI is InChI=1S/C2H6OS.H2OS/c3-1-2-4;1-2/h3-4H,1-2H2;1-2H. The van der Waals surface area contributed by atoms with Crippen LogP contribution in [-0.4, -0.2) is 22.0 Å². The Balaban J connectivity index is 0. The summed E-state index contributed by atoms with van der Waals surface area (Å²) >= 11 is 6.20. The second-order valence-corrected chi connectivity index (χ2v) is 0.894. The summed E-state index contributed by atoms with van der Waals surface area (Å²) in [6, 6.07) is 0. The first kappa shape index (κ1) is 9.80. The maximum Gasteiger partial charge on any atom is 0.0519 e. The molecule has 0 aromatic heterocycles. The molecule has 0 aromatic rings. The summed E-state index contributed by atoms with van der Waals surface area (Å²) in [7, 11) is 0. The normalized spacial score (nSPS) is 6.00. The number of hydrogen-bond acceptors (Lipinski definition) is 4. The van der Waals surface area contributed by atoms with Gasteiger partial charge in [0, 0.05) is 5.75 Å². The highest BCUT2D eigenvalue weighted by Gasteiger charge is 1.57. The van der Waals surface area contributed by atoms with Gasteiger partial charge in [-0.1, -0.05) is 0 Å². The first-order valence-corrected chi connectivity index (χ1v) is 2.36. The molecule has 0 aromatic carbocycles. The highest BCUT2D eigenvalue weighted by molar-refractivity contribution is 7.80. The van der Waals surface area contributed by atoms with E-state index in [1.165, 1.54) is 0 Å². The zero-order valence-electron chi connectivity index (χ0n) is 3.20. The van der Waals surface area contributed by atoms with Gasteiger partial charge in [0.25, 0.3) is 0 Å². The molecule has 4 heteroatoms. The molecule has 0 spiro atoms. The molecule has 0 aliphatic carbocycles. The van der Waals surface area contributed by atoms with E-state index in [0.717, 1.165) is 0 Å². The van der Waals surface area contributed by atoms with E-state index in [1.54, 1.807) is 0 Å². The van der Waals surface area contributed by atoms with Crippen LogP contribution in [0.25, 0.3) is 0 Å². The van der Waals surface area contributed by atoms with Gasteiger partial charge in [0.15, 0.2) is 0 Å². The van der Waals surface area contributed by atoms with Crippen molar-refractivity contribution in [3.05, 3.63) is 0 Å². The molecule has 0 saturated carbocycles. The van der Waals surface area contributed by atoms with E-state index < -0.39 is 0 Å². The third-order valence-electron chi connectivity index (χ3n) is 0.1000. The van der Waals surface area contributed by atoms with E-state index in [1.807, 2.05) is 0 Å². The molecule has 0 saturated heterocycles. The first-order chi connectivity index (χ1) is 2.91. The van der Waals surface area contributed by atoms with Crippen LogP contribution in [0.1, 0.15) is 0 Å². The lowest BCUT2D eigenvalue weighted by Crippen LogP contribution is -1.76. The van der Waals surface area contributed by atoms with Gasteiger partial charge < -0.3 is 9.66 Å². The fourth-order valence-electron chi connectivity index (χ4n) is 0. The molecule has 0 rings (SSSR count). The second kappa shape index (κ2) is 17.5. The number of aliphatic hydroxyl groups excluding tert-OH is 1. The molecule has 0 fully saturated rings. The van der Waals surface area contributed by atoms with Gasteiger partial charge in [0.2, 0.25) is 0 Å². The lowest BCUT2D eigenvalue weighted by molar-refractivity contribution is 0.323. The Kier molecular flexibility index (Phi) is 28.5. The summed E-state index contributed by atoms with van der Waals surface area (Å²) in [5, 5.41) is 7.80. The number of aliphatic hydroxyl groups is 1. The molecule has 0 radical (unpaired) electrons. The molecule has 0 aliphatic heterocycles. The van der Waals surface area contributed by atoms with Crippen molar-refractivity contribution in [2.75, 3.05) is 12.4 Å². The SMILES string of the molecule is OCCS.OS. The molecule has 6 heavy (non-hydrogen) atoms. The quantitative estimate of drug-likeness (QED) is 0.303. The van der Waals surface area contributed by atoms with E-state index in [9.17, 15) is 0 Å². The summed E-state index contributed by atoms with van der Waals surface area (Å²) in [6.07, 6.45) is 0. The first-order valence-electron chi connectivity index (χ1n) is 1.33. The van der Waals surface area contributed by atoms with Crippen LogP contribution < -0.4 is 0 Å². The Morgan fingerprint density at radius 3 is 1.50 bits per heavy atom. The maximum atomic E-state index is 7.80. The highest BCUT2D eigenvalue weighted by atomic mass is 32.1. The average molecular weight is 128 g/mol.